The molecule has 3 aromatic rings. The molecule has 7 heteroatoms. The van der Waals surface area contributed by atoms with Crippen LogP contribution in [0.4, 0.5) is 13.2 Å². The van der Waals surface area contributed by atoms with Gasteiger partial charge >= 0.3 is 6.18 Å². The monoisotopic (exact) mass is 436 g/mol. The molecule has 0 atom stereocenters. The number of carbonyl (C=O) groups is 1. The van der Waals surface area contributed by atoms with Gasteiger partial charge in [0.05, 0.1) is 16.9 Å². The lowest BCUT2D eigenvalue weighted by Crippen LogP contribution is -2.23. The maximum Gasteiger partial charge on any atom is 0.418 e. The van der Waals surface area contributed by atoms with Gasteiger partial charge in [-0.15, -0.1) is 0 Å². The standard InChI is InChI=1S/C20H15BrF3NO2/c21-14-7-5-13(6-8-14)17-11-9-15(10-12-19(26)27)25(17)18-4-2-1-3-16(18)20(22,23)24/h1-9,11H,10,12H2,(H,26,27)/p-1. The molecule has 0 fully saturated rings. The minimum absolute atomic E-state index is 0.0405. The van der Waals surface area contributed by atoms with Gasteiger partial charge in [0.2, 0.25) is 0 Å². The van der Waals surface area contributed by atoms with Gasteiger partial charge < -0.3 is 14.5 Å². The van der Waals surface area contributed by atoms with Crippen molar-refractivity contribution in [2.45, 2.75) is 19.0 Å². The van der Waals surface area contributed by atoms with Crippen LogP contribution < -0.4 is 5.11 Å². The molecule has 0 unspecified atom stereocenters. The number of aromatic nitrogens is 1. The fraction of sp³-hybridized carbons (Fsp3) is 0.150. The second kappa shape index (κ2) is 7.60. The summed E-state index contributed by atoms with van der Waals surface area (Å²) in [6.07, 6.45) is -4.76. The lowest BCUT2D eigenvalue weighted by Gasteiger charge is -2.19. The van der Waals surface area contributed by atoms with Crippen LogP contribution in [0.1, 0.15) is 17.7 Å². The number of aliphatic carboxylic acids is 1. The van der Waals surface area contributed by atoms with Crippen molar-refractivity contribution in [2.75, 3.05) is 0 Å². The average Bonchev–Trinajstić information content (AvgIpc) is 3.03. The fourth-order valence-corrected chi connectivity index (χ4v) is 3.21. The second-order valence-corrected chi connectivity index (χ2v) is 6.85. The van der Waals surface area contributed by atoms with Crippen molar-refractivity contribution in [3.8, 4) is 16.9 Å². The molecule has 0 spiro atoms. The Labute approximate surface area is 162 Å². The molecule has 1 aromatic heterocycles. The molecular formula is C20H14BrF3NO2-. The van der Waals surface area contributed by atoms with E-state index in [1.165, 1.54) is 22.8 Å². The summed E-state index contributed by atoms with van der Waals surface area (Å²) in [6.45, 7) is 0. The number of aryl methyl sites for hydroxylation is 1. The van der Waals surface area contributed by atoms with E-state index in [1.807, 2.05) is 0 Å². The van der Waals surface area contributed by atoms with Crippen LogP contribution in [0.15, 0.2) is 65.1 Å². The smallest absolute Gasteiger partial charge is 0.418 e. The molecule has 0 amide bonds. The summed E-state index contributed by atoms with van der Waals surface area (Å²) in [5.41, 5.74) is 0.909. The van der Waals surface area contributed by atoms with E-state index in [0.29, 0.717) is 11.4 Å². The molecule has 0 aliphatic carbocycles. The number of benzene rings is 2. The van der Waals surface area contributed by atoms with Gasteiger partial charge in [-0.25, -0.2) is 0 Å². The summed E-state index contributed by atoms with van der Waals surface area (Å²) in [7, 11) is 0. The molecule has 0 aliphatic heterocycles. The van der Waals surface area contributed by atoms with Crippen LogP contribution in [-0.4, -0.2) is 10.5 Å². The minimum atomic E-state index is -4.54. The Bertz CT molecular complexity index is 962. The molecule has 2 aromatic carbocycles. The predicted octanol–water partition coefficient (Wildman–Crippen LogP) is 4.61. The highest BCUT2D eigenvalue weighted by Gasteiger charge is 2.34. The van der Waals surface area contributed by atoms with Crippen LogP contribution in [0, 0.1) is 0 Å². The van der Waals surface area contributed by atoms with E-state index in [4.69, 9.17) is 0 Å². The highest BCUT2D eigenvalue weighted by molar-refractivity contribution is 9.10. The Morgan fingerprint density at radius 2 is 1.67 bits per heavy atom. The Balaban J connectivity index is 2.21. The molecule has 27 heavy (non-hydrogen) atoms. The summed E-state index contributed by atoms with van der Waals surface area (Å²) in [4.78, 5) is 10.9. The Morgan fingerprint density at radius 1 is 1.00 bits per heavy atom. The molecule has 0 N–H and O–H groups in total. The summed E-state index contributed by atoms with van der Waals surface area (Å²) in [5, 5.41) is 10.9. The van der Waals surface area contributed by atoms with Gasteiger partial charge in [-0.2, -0.15) is 13.2 Å². The Kier molecular flexibility index (Phi) is 5.41. The van der Waals surface area contributed by atoms with Crippen molar-refractivity contribution in [1.29, 1.82) is 0 Å². The number of alkyl halides is 3. The quantitative estimate of drug-likeness (QED) is 0.586. The molecular weight excluding hydrogens is 423 g/mol. The summed E-state index contributed by atoms with van der Waals surface area (Å²) in [6, 6.07) is 15.8. The lowest BCUT2D eigenvalue weighted by atomic mass is 10.1. The number of hydrogen-bond donors (Lipinski definition) is 0. The zero-order valence-corrected chi connectivity index (χ0v) is 15.5. The van der Waals surface area contributed by atoms with Crippen LogP contribution in [0.5, 0.6) is 0 Å². The number of carbonyl (C=O) groups excluding carboxylic acids is 1. The van der Waals surface area contributed by atoms with E-state index in [1.54, 1.807) is 36.4 Å². The van der Waals surface area contributed by atoms with Crippen LogP contribution in [0.25, 0.3) is 16.9 Å². The van der Waals surface area contributed by atoms with Crippen molar-refractivity contribution in [1.82, 2.24) is 4.57 Å². The molecule has 0 saturated carbocycles. The topological polar surface area (TPSA) is 45.1 Å². The van der Waals surface area contributed by atoms with Crippen molar-refractivity contribution in [3.05, 3.63) is 76.4 Å². The SMILES string of the molecule is O=C([O-])CCc1ccc(-c2ccc(Br)cc2)n1-c1ccccc1C(F)(F)F. The third-order valence-electron chi connectivity index (χ3n) is 4.14. The van der Waals surface area contributed by atoms with Crippen molar-refractivity contribution in [2.24, 2.45) is 0 Å². The van der Waals surface area contributed by atoms with Crippen LogP contribution in [0.3, 0.4) is 0 Å². The van der Waals surface area contributed by atoms with Gasteiger partial charge in [-0.3, -0.25) is 0 Å². The number of nitrogens with zero attached hydrogens (tertiary/aromatic N) is 1. The fourth-order valence-electron chi connectivity index (χ4n) is 2.94. The Hall–Kier alpha value is -2.54. The second-order valence-electron chi connectivity index (χ2n) is 5.94. The van der Waals surface area contributed by atoms with Gasteiger partial charge in [0, 0.05) is 16.1 Å². The van der Waals surface area contributed by atoms with E-state index in [0.717, 1.165) is 16.1 Å². The first-order chi connectivity index (χ1) is 12.8. The maximum absolute atomic E-state index is 13.5. The highest BCUT2D eigenvalue weighted by atomic mass is 79.9. The maximum atomic E-state index is 13.5. The molecule has 0 bridgehead atoms. The zero-order valence-electron chi connectivity index (χ0n) is 14.0. The van der Waals surface area contributed by atoms with Gasteiger partial charge in [0.15, 0.2) is 0 Å². The van der Waals surface area contributed by atoms with E-state index < -0.39 is 17.7 Å². The third kappa shape index (κ3) is 4.24. The first kappa shape index (κ1) is 19.2. The third-order valence-corrected chi connectivity index (χ3v) is 4.67. The summed E-state index contributed by atoms with van der Waals surface area (Å²) >= 11 is 3.34. The first-order valence-corrected chi connectivity index (χ1v) is 8.89. The molecule has 1 heterocycles. The van der Waals surface area contributed by atoms with E-state index in [2.05, 4.69) is 15.9 Å². The van der Waals surface area contributed by atoms with E-state index >= 15 is 0 Å². The van der Waals surface area contributed by atoms with Crippen molar-refractivity contribution in [3.63, 3.8) is 0 Å². The molecule has 3 nitrogen and oxygen atoms in total. The van der Waals surface area contributed by atoms with E-state index in [9.17, 15) is 23.1 Å². The number of carboxylic acids is 1. The van der Waals surface area contributed by atoms with Gasteiger partial charge in [0.25, 0.3) is 0 Å². The van der Waals surface area contributed by atoms with Crippen LogP contribution >= 0.6 is 15.9 Å². The molecule has 140 valence electrons. The molecule has 3 rings (SSSR count). The largest absolute Gasteiger partial charge is 0.550 e. The lowest BCUT2D eigenvalue weighted by molar-refractivity contribution is -0.305. The zero-order chi connectivity index (χ0) is 19.6. The van der Waals surface area contributed by atoms with Gasteiger partial charge in [-0.1, -0.05) is 40.2 Å². The van der Waals surface area contributed by atoms with Crippen molar-refractivity contribution < 1.29 is 23.1 Å². The minimum Gasteiger partial charge on any atom is -0.550 e. The van der Waals surface area contributed by atoms with Crippen molar-refractivity contribution >= 4 is 21.9 Å². The summed E-state index contributed by atoms with van der Waals surface area (Å²) in [5.74, 6) is -1.25. The number of hydrogen-bond acceptors (Lipinski definition) is 2. The van der Waals surface area contributed by atoms with Crippen LogP contribution in [-0.2, 0) is 17.4 Å². The number of para-hydroxylation sites is 1. The molecule has 0 radical (unpaired) electrons. The summed E-state index contributed by atoms with van der Waals surface area (Å²) < 4.78 is 43.0. The number of carboxylic acid groups (broad SMARTS) is 1. The Morgan fingerprint density at radius 3 is 2.30 bits per heavy atom. The number of halogens is 4. The predicted molar refractivity (Wildman–Crippen MR) is 97.2 cm³/mol. The number of rotatable bonds is 5. The van der Waals surface area contributed by atoms with Gasteiger partial charge in [0.1, 0.15) is 0 Å². The highest BCUT2D eigenvalue weighted by Crippen LogP contribution is 2.37. The van der Waals surface area contributed by atoms with Crippen LogP contribution in [0.2, 0.25) is 0 Å². The molecule has 0 aliphatic rings. The first-order valence-electron chi connectivity index (χ1n) is 8.10. The van der Waals surface area contributed by atoms with Gasteiger partial charge in [-0.05, 0) is 54.8 Å². The normalized spacial score (nSPS) is 11.6. The van der Waals surface area contributed by atoms with E-state index in [-0.39, 0.29) is 18.5 Å². The molecule has 0 saturated heterocycles. The average molecular weight is 437 g/mol.